The van der Waals surface area contributed by atoms with Gasteiger partial charge in [-0.25, -0.2) is 4.79 Å². The highest BCUT2D eigenvalue weighted by atomic mass is 28.4. The average molecular weight is 483 g/mol. The topological polar surface area (TPSA) is 60.4 Å². The van der Waals surface area contributed by atoms with Gasteiger partial charge in [0.25, 0.3) is 0 Å². The summed E-state index contributed by atoms with van der Waals surface area (Å²) in [4.78, 5) is 12.3. The Hall–Kier alpha value is -2.48. The number of benzene rings is 2. The Labute approximate surface area is 205 Å². The number of hydrazone groups is 1. The zero-order chi connectivity index (χ0) is 24.6. The molecule has 0 aliphatic carbocycles. The molecule has 1 saturated heterocycles. The largest absolute Gasteiger partial charge is 0.446 e. The van der Waals surface area contributed by atoms with E-state index in [2.05, 4.69) is 51.1 Å². The van der Waals surface area contributed by atoms with Crippen LogP contribution < -0.4 is 0 Å². The van der Waals surface area contributed by atoms with Crippen LogP contribution in [0.4, 0.5) is 4.79 Å². The summed E-state index contributed by atoms with van der Waals surface area (Å²) in [6.07, 6.45) is 2.44. The highest BCUT2D eigenvalue weighted by Gasteiger charge is 2.37. The average Bonchev–Trinajstić information content (AvgIpc) is 3.15. The number of hydrogen-bond acceptors (Lipinski definition) is 5. The second kappa shape index (κ2) is 11.8. The van der Waals surface area contributed by atoms with E-state index in [-0.39, 0.29) is 17.2 Å². The fourth-order valence-electron chi connectivity index (χ4n) is 3.37. The van der Waals surface area contributed by atoms with Gasteiger partial charge in [-0.3, -0.25) is 0 Å². The van der Waals surface area contributed by atoms with Crippen LogP contribution in [0.5, 0.6) is 0 Å². The molecule has 3 rings (SSSR count). The van der Waals surface area contributed by atoms with Crippen molar-refractivity contribution in [3.05, 3.63) is 71.8 Å². The van der Waals surface area contributed by atoms with Gasteiger partial charge in [-0.2, -0.15) is 10.1 Å². The van der Waals surface area contributed by atoms with Crippen LogP contribution in [0.1, 0.15) is 38.3 Å². The van der Waals surface area contributed by atoms with Crippen LogP contribution in [-0.2, 0) is 26.9 Å². The van der Waals surface area contributed by atoms with Gasteiger partial charge >= 0.3 is 6.09 Å². The number of cyclic esters (lactones) is 1. The van der Waals surface area contributed by atoms with Crippen LogP contribution in [0.15, 0.2) is 65.8 Å². The van der Waals surface area contributed by atoms with E-state index in [9.17, 15) is 4.79 Å². The lowest BCUT2D eigenvalue weighted by Gasteiger charge is -2.37. The van der Waals surface area contributed by atoms with Crippen LogP contribution in [0, 0.1) is 0 Å². The fraction of sp³-hybridized carbons (Fsp3) is 0.481. The Bertz CT molecular complexity index is 929. The number of carbonyl (C=O) groups is 1. The molecule has 2 aromatic carbocycles. The van der Waals surface area contributed by atoms with Gasteiger partial charge in [0.15, 0.2) is 8.32 Å². The van der Waals surface area contributed by atoms with E-state index in [4.69, 9.17) is 13.9 Å². The summed E-state index contributed by atoms with van der Waals surface area (Å²) in [5.41, 5.74) is 2.26. The number of amides is 1. The van der Waals surface area contributed by atoms with Crippen LogP contribution >= 0.6 is 0 Å². The first-order chi connectivity index (χ1) is 16.2. The molecule has 34 heavy (non-hydrogen) atoms. The molecule has 2 aromatic rings. The monoisotopic (exact) mass is 482 g/mol. The Balaban J connectivity index is 1.63. The molecule has 0 saturated carbocycles. The van der Waals surface area contributed by atoms with Crippen LogP contribution in [0.2, 0.25) is 18.1 Å². The predicted molar refractivity (Wildman–Crippen MR) is 138 cm³/mol. The zero-order valence-electron chi connectivity index (χ0n) is 21.1. The molecule has 0 bridgehead atoms. The first-order valence-electron chi connectivity index (χ1n) is 12.0. The molecule has 1 amide bonds. The van der Waals surface area contributed by atoms with Gasteiger partial charge in [0.1, 0.15) is 6.61 Å². The van der Waals surface area contributed by atoms with Crippen LogP contribution in [0.3, 0.4) is 0 Å². The molecular formula is C27H38N2O4Si. The lowest BCUT2D eigenvalue weighted by atomic mass is 10.1. The molecule has 1 heterocycles. The van der Waals surface area contributed by atoms with Crippen molar-refractivity contribution < 1.29 is 18.7 Å². The zero-order valence-corrected chi connectivity index (χ0v) is 22.1. The first-order valence-corrected chi connectivity index (χ1v) is 14.9. The maximum Gasteiger partial charge on any atom is 0.430 e. The molecule has 1 aliphatic heterocycles. The maximum absolute atomic E-state index is 12.3. The van der Waals surface area contributed by atoms with Crippen LogP contribution in [-0.4, -0.2) is 51.0 Å². The third-order valence-electron chi connectivity index (χ3n) is 6.59. The molecule has 1 aliphatic rings. The highest BCUT2D eigenvalue weighted by Crippen LogP contribution is 2.36. The summed E-state index contributed by atoms with van der Waals surface area (Å²) < 4.78 is 17.9. The highest BCUT2D eigenvalue weighted by molar-refractivity contribution is 6.74. The lowest BCUT2D eigenvalue weighted by Crippen LogP contribution is -2.43. The molecule has 184 valence electrons. The smallest absolute Gasteiger partial charge is 0.430 e. The number of hydrogen-bond donors (Lipinski definition) is 0. The predicted octanol–water partition coefficient (Wildman–Crippen LogP) is 6.03. The summed E-state index contributed by atoms with van der Waals surface area (Å²) >= 11 is 0. The third-order valence-corrected chi connectivity index (χ3v) is 11.1. The van der Waals surface area contributed by atoms with E-state index in [1.165, 1.54) is 5.01 Å². The SMILES string of the molecule is CC(C)(C)[Si](C)(C)OC[C@@H](C/C=N/N1C(=O)OC[C@@H]1Cc1ccccc1)OCc1ccccc1. The van der Waals surface area contributed by atoms with Gasteiger partial charge in [0, 0.05) is 12.6 Å². The van der Waals surface area contributed by atoms with E-state index >= 15 is 0 Å². The quantitative estimate of drug-likeness (QED) is 0.290. The van der Waals surface area contributed by atoms with Crippen molar-refractivity contribution in [3.8, 4) is 0 Å². The fourth-order valence-corrected chi connectivity index (χ4v) is 4.40. The number of ether oxygens (including phenoxy) is 2. The minimum Gasteiger partial charge on any atom is -0.446 e. The summed E-state index contributed by atoms with van der Waals surface area (Å²) in [7, 11) is -1.92. The molecule has 7 heteroatoms. The summed E-state index contributed by atoms with van der Waals surface area (Å²) in [5, 5.41) is 6.05. The Kier molecular flexibility index (Phi) is 9.05. The van der Waals surface area contributed by atoms with Gasteiger partial charge in [-0.1, -0.05) is 81.4 Å². The minimum absolute atomic E-state index is 0.113. The second-order valence-electron chi connectivity index (χ2n) is 10.3. The van der Waals surface area contributed by atoms with Gasteiger partial charge < -0.3 is 13.9 Å². The number of carbonyl (C=O) groups excluding carboxylic acids is 1. The van der Waals surface area contributed by atoms with Crippen molar-refractivity contribution in [2.75, 3.05) is 13.2 Å². The van der Waals surface area contributed by atoms with Gasteiger partial charge in [0.05, 0.1) is 25.4 Å². The van der Waals surface area contributed by atoms with E-state index < -0.39 is 14.4 Å². The number of nitrogens with zero attached hydrogens (tertiary/aromatic N) is 2. The van der Waals surface area contributed by atoms with Crippen molar-refractivity contribution in [2.24, 2.45) is 5.10 Å². The first kappa shape index (κ1) is 26.1. The Morgan fingerprint density at radius 3 is 2.32 bits per heavy atom. The van der Waals surface area contributed by atoms with Gasteiger partial charge in [-0.15, -0.1) is 0 Å². The van der Waals surface area contributed by atoms with Crippen molar-refractivity contribution >= 4 is 20.6 Å². The molecule has 0 spiro atoms. The van der Waals surface area contributed by atoms with Crippen molar-refractivity contribution in [1.29, 1.82) is 0 Å². The Morgan fingerprint density at radius 1 is 1.09 bits per heavy atom. The van der Waals surface area contributed by atoms with E-state index in [0.29, 0.717) is 32.7 Å². The van der Waals surface area contributed by atoms with E-state index in [1.807, 2.05) is 48.5 Å². The van der Waals surface area contributed by atoms with Gasteiger partial charge in [0.2, 0.25) is 0 Å². The molecule has 1 fully saturated rings. The van der Waals surface area contributed by atoms with Crippen molar-refractivity contribution in [1.82, 2.24) is 5.01 Å². The summed E-state index contributed by atoms with van der Waals surface area (Å²) in [6, 6.07) is 20.1. The summed E-state index contributed by atoms with van der Waals surface area (Å²) in [6.45, 7) is 12.5. The van der Waals surface area contributed by atoms with Crippen LogP contribution in [0.25, 0.3) is 0 Å². The van der Waals surface area contributed by atoms with E-state index in [1.54, 1.807) is 6.21 Å². The molecule has 6 nitrogen and oxygen atoms in total. The lowest BCUT2D eigenvalue weighted by molar-refractivity contribution is 0.0111. The molecule has 0 unspecified atom stereocenters. The Morgan fingerprint density at radius 2 is 1.71 bits per heavy atom. The maximum atomic E-state index is 12.3. The summed E-state index contributed by atoms with van der Waals surface area (Å²) in [5.74, 6) is 0. The molecule has 2 atom stereocenters. The molecule has 0 N–H and O–H groups in total. The molecule has 0 radical (unpaired) electrons. The normalized spacial score (nSPS) is 17.9. The minimum atomic E-state index is -1.92. The number of rotatable bonds is 11. The van der Waals surface area contributed by atoms with Crippen molar-refractivity contribution in [3.63, 3.8) is 0 Å². The van der Waals surface area contributed by atoms with Gasteiger partial charge in [-0.05, 0) is 35.7 Å². The van der Waals surface area contributed by atoms with E-state index in [0.717, 1.165) is 11.1 Å². The molecule has 0 aromatic heterocycles. The molecular weight excluding hydrogens is 444 g/mol. The van der Waals surface area contributed by atoms with Crippen molar-refractivity contribution in [2.45, 2.75) is 70.5 Å². The second-order valence-corrected chi connectivity index (χ2v) is 15.1. The third kappa shape index (κ3) is 7.51. The standard InChI is InChI=1S/C27H38N2O4Si/c1-27(2,3)34(4,5)33-21-25(31-19-23-14-10-7-11-15-23)16-17-28-29-24(20-32-26(29)30)18-22-12-8-6-9-13-22/h6-15,17,24-25H,16,18-21H2,1-5H3/b28-17+/t24-,25+/m0/s1.